The molecule has 1 heterocycles. The van der Waals surface area contributed by atoms with Crippen LogP contribution in [-0.2, 0) is 17.8 Å². The number of hydrogen-bond donors (Lipinski definition) is 1. The van der Waals surface area contributed by atoms with Gasteiger partial charge in [0, 0.05) is 6.61 Å². The largest absolute Gasteiger partial charge is 0.384 e. The molecular weight excluding hydrogens is 260 g/mol. The molecule has 1 aromatic heterocycles. The van der Waals surface area contributed by atoms with E-state index in [0.29, 0.717) is 29.7 Å². The second-order valence-electron chi connectivity index (χ2n) is 4.31. The molecule has 0 saturated carbocycles. The molecule has 4 heteroatoms. The summed E-state index contributed by atoms with van der Waals surface area (Å²) >= 11 is 6.01. The van der Waals surface area contributed by atoms with Crippen LogP contribution in [0.5, 0.6) is 0 Å². The first-order valence-electron chi connectivity index (χ1n) is 6.28. The number of benzene rings is 1. The summed E-state index contributed by atoms with van der Waals surface area (Å²) in [6, 6.07) is 13.8. The molecule has 2 rings (SSSR count). The summed E-state index contributed by atoms with van der Waals surface area (Å²) in [5, 5.41) is 0.595. The van der Waals surface area contributed by atoms with Crippen molar-refractivity contribution in [2.45, 2.75) is 19.4 Å². The molecule has 0 fully saturated rings. The Bertz CT molecular complexity index is 517. The maximum absolute atomic E-state index is 6.01. The molecule has 0 saturated heterocycles. The van der Waals surface area contributed by atoms with E-state index in [-0.39, 0.29) is 0 Å². The van der Waals surface area contributed by atoms with Crippen LogP contribution in [0.25, 0.3) is 0 Å². The highest BCUT2D eigenvalue weighted by atomic mass is 35.5. The van der Waals surface area contributed by atoms with Crippen molar-refractivity contribution in [3.8, 4) is 0 Å². The van der Waals surface area contributed by atoms with E-state index < -0.39 is 0 Å². The molecule has 0 bridgehead atoms. The Balaban J connectivity index is 1.71. The van der Waals surface area contributed by atoms with Gasteiger partial charge in [-0.15, -0.1) is 0 Å². The lowest BCUT2D eigenvalue weighted by Gasteiger charge is -2.06. The van der Waals surface area contributed by atoms with Crippen LogP contribution in [-0.4, -0.2) is 11.6 Å². The molecule has 0 aliphatic heterocycles. The van der Waals surface area contributed by atoms with Crippen molar-refractivity contribution < 1.29 is 4.74 Å². The fourth-order valence-corrected chi connectivity index (χ4v) is 1.95. The number of rotatable bonds is 6. The second kappa shape index (κ2) is 7.12. The molecule has 0 aliphatic carbocycles. The fourth-order valence-electron chi connectivity index (χ4n) is 1.79. The Kier molecular flexibility index (Phi) is 5.19. The third-order valence-corrected chi connectivity index (χ3v) is 3.12. The highest BCUT2D eigenvalue weighted by Crippen LogP contribution is 2.16. The lowest BCUT2D eigenvalue weighted by molar-refractivity contribution is 0.116. The molecule has 2 N–H and O–H groups in total. The maximum Gasteiger partial charge on any atom is 0.123 e. The Hall–Kier alpha value is -1.58. The Labute approximate surface area is 118 Å². The third kappa shape index (κ3) is 4.54. The summed E-state index contributed by atoms with van der Waals surface area (Å²) in [4.78, 5) is 4.15. The summed E-state index contributed by atoms with van der Waals surface area (Å²) in [5.41, 5.74) is 7.63. The van der Waals surface area contributed by atoms with Gasteiger partial charge in [0.15, 0.2) is 0 Å². The summed E-state index contributed by atoms with van der Waals surface area (Å²) in [5.74, 6) is 0.465. The van der Waals surface area contributed by atoms with E-state index in [4.69, 9.17) is 22.1 Å². The zero-order chi connectivity index (χ0) is 13.5. The fraction of sp³-hybridized carbons (Fsp3) is 0.267. The van der Waals surface area contributed by atoms with Crippen LogP contribution < -0.4 is 5.73 Å². The minimum atomic E-state index is 0.401. The number of aryl methyl sites for hydroxylation is 1. The van der Waals surface area contributed by atoms with Gasteiger partial charge in [-0.1, -0.05) is 41.9 Å². The molecular formula is C15H17ClN2O. The number of aromatic nitrogens is 1. The van der Waals surface area contributed by atoms with Gasteiger partial charge in [-0.05, 0) is 30.5 Å². The van der Waals surface area contributed by atoms with Gasteiger partial charge in [-0.2, -0.15) is 0 Å². The standard InChI is InChI=1S/C15H17ClN2O/c16-13-8-9-15(17)18-14(13)11-19-10-4-7-12-5-2-1-3-6-12/h1-3,5-6,8-9H,4,7,10-11H2,(H2,17,18). The van der Waals surface area contributed by atoms with Gasteiger partial charge in [0.05, 0.1) is 17.3 Å². The normalized spacial score (nSPS) is 10.6. The minimum Gasteiger partial charge on any atom is -0.384 e. The first-order chi connectivity index (χ1) is 9.25. The van der Waals surface area contributed by atoms with Gasteiger partial charge in [-0.25, -0.2) is 4.98 Å². The van der Waals surface area contributed by atoms with E-state index >= 15 is 0 Å². The van der Waals surface area contributed by atoms with Crippen molar-refractivity contribution in [2.75, 3.05) is 12.3 Å². The van der Waals surface area contributed by atoms with E-state index in [1.165, 1.54) is 5.56 Å². The summed E-state index contributed by atoms with van der Waals surface area (Å²) < 4.78 is 5.57. The van der Waals surface area contributed by atoms with Gasteiger partial charge in [0.25, 0.3) is 0 Å². The Morgan fingerprint density at radius 1 is 1.11 bits per heavy atom. The maximum atomic E-state index is 6.01. The lowest BCUT2D eigenvalue weighted by Crippen LogP contribution is -2.02. The number of ether oxygens (including phenoxy) is 1. The Morgan fingerprint density at radius 3 is 2.68 bits per heavy atom. The highest BCUT2D eigenvalue weighted by molar-refractivity contribution is 6.31. The van der Waals surface area contributed by atoms with Crippen molar-refractivity contribution in [2.24, 2.45) is 0 Å². The molecule has 2 aromatic rings. The molecule has 0 amide bonds. The van der Waals surface area contributed by atoms with E-state index in [0.717, 1.165) is 12.8 Å². The van der Waals surface area contributed by atoms with Gasteiger partial charge in [0.2, 0.25) is 0 Å². The molecule has 0 radical (unpaired) electrons. The van der Waals surface area contributed by atoms with Crippen LogP contribution in [0.4, 0.5) is 5.82 Å². The summed E-state index contributed by atoms with van der Waals surface area (Å²) in [7, 11) is 0. The number of nitrogens with zero attached hydrogens (tertiary/aromatic N) is 1. The van der Waals surface area contributed by atoms with Gasteiger partial charge in [-0.3, -0.25) is 0 Å². The first-order valence-corrected chi connectivity index (χ1v) is 6.66. The number of anilines is 1. The van der Waals surface area contributed by atoms with Gasteiger partial charge < -0.3 is 10.5 Å². The average molecular weight is 277 g/mol. The second-order valence-corrected chi connectivity index (χ2v) is 4.71. The van der Waals surface area contributed by atoms with E-state index in [1.807, 2.05) is 18.2 Å². The lowest BCUT2D eigenvalue weighted by atomic mass is 10.1. The van der Waals surface area contributed by atoms with Crippen molar-refractivity contribution >= 4 is 17.4 Å². The van der Waals surface area contributed by atoms with Crippen molar-refractivity contribution in [3.63, 3.8) is 0 Å². The third-order valence-electron chi connectivity index (χ3n) is 2.78. The van der Waals surface area contributed by atoms with E-state index in [2.05, 4.69) is 17.1 Å². The SMILES string of the molecule is Nc1ccc(Cl)c(COCCCc2ccccc2)n1. The van der Waals surface area contributed by atoms with Crippen molar-refractivity contribution in [1.82, 2.24) is 4.98 Å². The molecule has 100 valence electrons. The molecule has 19 heavy (non-hydrogen) atoms. The number of nitrogen functional groups attached to an aromatic ring is 1. The molecule has 0 unspecified atom stereocenters. The smallest absolute Gasteiger partial charge is 0.123 e. The quantitative estimate of drug-likeness (QED) is 0.822. The van der Waals surface area contributed by atoms with Gasteiger partial charge in [0.1, 0.15) is 5.82 Å². The monoisotopic (exact) mass is 276 g/mol. The summed E-state index contributed by atoms with van der Waals surface area (Å²) in [6.07, 6.45) is 1.99. The van der Waals surface area contributed by atoms with Crippen LogP contribution in [0.15, 0.2) is 42.5 Å². The molecule has 3 nitrogen and oxygen atoms in total. The predicted octanol–water partition coefficient (Wildman–Crippen LogP) is 3.47. The van der Waals surface area contributed by atoms with Crippen LogP contribution in [0.3, 0.4) is 0 Å². The van der Waals surface area contributed by atoms with Gasteiger partial charge >= 0.3 is 0 Å². The van der Waals surface area contributed by atoms with Crippen molar-refractivity contribution in [3.05, 3.63) is 58.7 Å². The molecule has 0 aliphatic rings. The van der Waals surface area contributed by atoms with Crippen molar-refractivity contribution in [1.29, 1.82) is 0 Å². The molecule has 0 atom stereocenters. The van der Waals surface area contributed by atoms with E-state index in [1.54, 1.807) is 12.1 Å². The number of hydrogen-bond acceptors (Lipinski definition) is 3. The van der Waals surface area contributed by atoms with Crippen LogP contribution in [0, 0.1) is 0 Å². The highest BCUT2D eigenvalue weighted by Gasteiger charge is 2.02. The molecule has 1 aromatic carbocycles. The zero-order valence-corrected chi connectivity index (χ0v) is 11.4. The average Bonchev–Trinajstić information content (AvgIpc) is 2.43. The first kappa shape index (κ1) is 13.8. The minimum absolute atomic E-state index is 0.401. The van der Waals surface area contributed by atoms with Crippen LogP contribution in [0.1, 0.15) is 17.7 Å². The zero-order valence-electron chi connectivity index (χ0n) is 10.7. The molecule has 0 spiro atoms. The predicted molar refractivity (Wildman–Crippen MR) is 78.1 cm³/mol. The van der Waals surface area contributed by atoms with E-state index in [9.17, 15) is 0 Å². The van der Waals surface area contributed by atoms with Crippen LogP contribution >= 0.6 is 11.6 Å². The summed E-state index contributed by atoms with van der Waals surface area (Å²) in [6.45, 7) is 1.08. The topological polar surface area (TPSA) is 48.1 Å². The Morgan fingerprint density at radius 2 is 1.89 bits per heavy atom. The van der Waals surface area contributed by atoms with Crippen LogP contribution in [0.2, 0.25) is 5.02 Å². The number of pyridine rings is 1. The number of halogens is 1. The number of nitrogens with two attached hydrogens (primary N) is 1.